The van der Waals surface area contributed by atoms with Gasteiger partial charge in [0.15, 0.2) is 6.29 Å². The van der Waals surface area contributed by atoms with E-state index >= 15 is 0 Å². The second kappa shape index (κ2) is 4.66. The van der Waals surface area contributed by atoms with E-state index in [-0.39, 0.29) is 0 Å². The third kappa shape index (κ3) is 2.39. The molecule has 0 aromatic carbocycles. The van der Waals surface area contributed by atoms with Crippen molar-refractivity contribution in [2.75, 3.05) is 6.54 Å². The van der Waals surface area contributed by atoms with Crippen LogP contribution in [0.15, 0.2) is 6.20 Å². The van der Waals surface area contributed by atoms with Gasteiger partial charge in [-0.15, -0.1) is 11.3 Å². The highest BCUT2D eigenvalue weighted by Crippen LogP contribution is 2.16. The quantitative estimate of drug-likeness (QED) is 0.771. The number of nitrogens with zero attached hydrogens (tertiary/aromatic N) is 1. The maximum absolute atomic E-state index is 10.5. The number of aldehydes is 1. The molecule has 14 heavy (non-hydrogen) atoms. The molecule has 1 N–H and O–H groups in total. The molecule has 0 aliphatic carbocycles. The number of nitrogens with one attached hydrogen (secondary N) is 1. The molecule has 1 unspecified atom stereocenters. The highest BCUT2D eigenvalue weighted by atomic mass is 32.1. The molecule has 1 saturated heterocycles. The van der Waals surface area contributed by atoms with E-state index < -0.39 is 0 Å². The second-order valence-corrected chi connectivity index (χ2v) is 4.77. The van der Waals surface area contributed by atoms with Gasteiger partial charge in [0.2, 0.25) is 0 Å². The molecule has 0 spiro atoms. The van der Waals surface area contributed by atoms with Gasteiger partial charge in [-0.1, -0.05) is 6.42 Å². The summed E-state index contributed by atoms with van der Waals surface area (Å²) in [5.41, 5.74) is 0. The van der Waals surface area contributed by atoms with E-state index in [0.717, 1.165) is 29.1 Å². The monoisotopic (exact) mass is 210 g/mol. The van der Waals surface area contributed by atoms with Crippen molar-refractivity contribution >= 4 is 17.6 Å². The van der Waals surface area contributed by atoms with Crippen LogP contribution in [0.5, 0.6) is 0 Å². The molecule has 0 amide bonds. The Morgan fingerprint density at radius 1 is 1.64 bits per heavy atom. The standard InChI is InChI=1S/C10H14N2OS/c13-7-9-6-12-10(14-9)5-8-3-1-2-4-11-8/h6-8,11H,1-5H2. The number of piperidine rings is 1. The molecule has 1 aromatic heterocycles. The summed E-state index contributed by atoms with van der Waals surface area (Å²) in [6, 6.07) is 0.564. The largest absolute Gasteiger partial charge is 0.314 e. The van der Waals surface area contributed by atoms with Crippen molar-refractivity contribution in [3.8, 4) is 0 Å². The van der Waals surface area contributed by atoms with Crippen LogP contribution < -0.4 is 5.32 Å². The topological polar surface area (TPSA) is 42.0 Å². The molecule has 1 aliphatic heterocycles. The van der Waals surface area contributed by atoms with E-state index in [0.29, 0.717) is 6.04 Å². The first-order valence-electron chi connectivity index (χ1n) is 5.02. The van der Waals surface area contributed by atoms with Gasteiger partial charge < -0.3 is 5.32 Å². The maximum atomic E-state index is 10.5. The molecule has 1 aromatic rings. The lowest BCUT2D eigenvalue weighted by Crippen LogP contribution is -2.35. The van der Waals surface area contributed by atoms with Crippen LogP contribution in [0.2, 0.25) is 0 Å². The van der Waals surface area contributed by atoms with Gasteiger partial charge in [0.25, 0.3) is 0 Å². The molecule has 0 saturated carbocycles. The molecule has 1 fully saturated rings. The fourth-order valence-corrected chi connectivity index (χ4v) is 2.60. The lowest BCUT2D eigenvalue weighted by Gasteiger charge is -2.22. The first-order chi connectivity index (χ1) is 6.88. The Balaban J connectivity index is 1.92. The van der Waals surface area contributed by atoms with E-state index in [1.165, 1.54) is 30.6 Å². The van der Waals surface area contributed by atoms with E-state index in [1.807, 2.05) is 0 Å². The van der Waals surface area contributed by atoms with Gasteiger partial charge in [0.1, 0.15) is 0 Å². The first-order valence-corrected chi connectivity index (χ1v) is 5.83. The van der Waals surface area contributed by atoms with E-state index in [4.69, 9.17) is 0 Å². The Bertz CT molecular complexity index is 305. The minimum Gasteiger partial charge on any atom is -0.314 e. The van der Waals surface area contributed by atoms with Crippen molar-refractivity contribution in [1.29, 1.82) is 0 Å². The SMILES string of the molecule is O=Cc1cnc(CC2CCCCN2)s1. The van der Waals surface area contributed by atoms with Gasteiger partial charge in [0, 0.05) is 18.7 Å². The van der Waals surface area contributed by atoms with E-state index in [1.54, 1.807) is 6.20 Å². The second-order valence-electron chi connectivity index (χ2n) is 3.63. The zero-order valence-corrected chi connectivity index (χ0v) is 8.85. The van der Waals surface area contributed by atoms with Crippen molar-refractivity contribution in [2.24, 2.45) is 0 Å². The van der Waals surface area contributed by atoms with E-state index in [2.05, 4.69) is 10.3 Å². The van der Waals surface area contributed by atoms with Gasteiger partial charge in [-0.25, -0.2) is 4.98 Å². The van der Waals surface area contributed by atoms with Crippen molar-refractivity contribution in [2.45, 2.75) is 31.7 Å². The maximum Gasteiger partial charge on any atom is 0.161 e. The van der Waals surface area contributed by atoms with Crippen LogP contribution in [-0.4, -0.2) is 23.9 Å². The molecule has 3 nitrogen and oxygen atoms in total. The van der Waals surface area contributed by atoms with Gasteiger partial charge in [0.05, 0.1) is 9.88 Å². The normalized spacial score (nSPS) is 22.1. The van der Waals surface area contributed by atoms with Crippen LogP contribution in [0.1, 0.15) is 33.9 Å². The number of hydrogen-bond donors (Lipinski definition) is 1. The average Bonchev–Trinajstić information content (AvgIpc) is 2.67. The summed E-state index contributed by atoms with van der Waals surface area (Å²) in [6.45, 7) is 1.12. The van der Waals surface area contributed by atoms with Gasteiger partial charge in [-0.3, -0.25) is 4.79 Å². The van der Waals surface area contributed by atoms with Gasteiger partial charge in [-0.2, -0.15) is 0 Å². The molecule has 0 radical (unpaired) electrons. The van der Waals surface area contributed by atoms with Crippen molar-refractivity contribution < 1.29 is 4.79 Å². The summed E-state index contributed by atoms with van der Waals surface area (Å²) in [7, 11) is 0. The zero-order valence-electron chi connectivity index (χ0n) is 8.03. The van der Waals surface area contributed by atoms with Crippen LogP contribution >= 0.6 is 11.3 Å². The number of rotatable bonds is 3. The van der Waals surface area contributed by atoms with Crippen LogP contribution in [0.4, 0.5) is 0 Å². The van der Waals surface area contributed by atoms with Crippen LogP contribution in [0, 0.1) is 0 Å². The molecule has 1 atom stereocenters. The lowest BCUT2D eigenvalue weighted by atomic mass is 10.0. The summed E-state index contributed by atoms with van der Waals surface area (Å²) < 4.78 is 0. The summed E-state index contributed by atoms with van der Waals surface area (Å²) in [5, 5.41) is 4.55. The summed E-state index contributed by atoms with van der Waals surface area (Å²) >= 11 is 1.51. The fourth-order valence-electron chi connectivity index (χ4n) is 1.78. The third-order valence-corrected chi connectivity index (χ3v) is 3.47. The molecular weight excluding hydrogens is 196 g/mol. The van der Waals surface area contributed by atoms with Crippen molar-refractivity contribution in [3.05, 3.63) is 16.1 Å². The molecule has 76 valence electrons. The molecule has 2 rings (SSSR count). The number of carbonyl (C=O) groups excluding carboxylic acids is 1. The Morgan fingerprint density at radius 3 is 3.21 bits per heavy atom. The molecular formula is C10H14N2OS. The minimum absolute atomic E-state index is 0.564. The highest BCUT2D eigenvalue weighted by Gasteiger charge is 2.14. The van der Waals surface area contributed by atoms with E-state index in [9.17, 15) is 4.79 Å². The van der Waals surface area contributed by atoms with Crippen LogP contribution in [0.25, 0.3) is 0 Å². The fraction of sp³-hybridized carbons (Fsp3) is 0.600. The summed E-state index contributed by atoms with van der Waals surface area (Å²) in [4.78, 5) is 15.4. The predicted octanol–water partition coefficient (Wildman–Crippen LogP) is 1.64. The number of carbonyl (C=O) groups is 1. The van der Waals surface area contributed by atoms with Crippen molar-refractivity contribution in [3.63, 3.8) is 0 Å². The Labute approximate surface area is 87.6 Å². The number of aromatic nitrogens is 1. The van der Waals surface area contributed by atoms with Crippen LogP contribution in [-0.2, 0) is 6.42 Å². The Morgan fingerprint density at radius 2 is 2.57 bits per heavy atom. The van der Waals surface area contributed by atoms with Gasteiger partial charge >= 0.3 is 0 Å². The summed E-state index contributed by atoms with van der Waals surface area (Å²) in [6.07, 6.45) is 7.33. The summed E-state index contributed by atoms with van der Waals surface area (Å²) in [5.74, 6) is 0. The smallest absolute Gasteiger partial charge is 0.161 e. The Kier molecular flexibility index (Phi) is 3.26. The molecule has 1 aliphatic rings. The molecule has 0 bridgehead atoms. The average molecular weight is 210 g/mol. The predicted molar refractivity (Wildman–Crippen MR) is 56.8 cm³/mol. The molecule has 4 heteroatoms. The minimum atomic E-state index is 0.564. The lowest BCUT2D eigenvalue weighted by molar-refractivity contribution is 0.112. The van der Waals surface area contributed by atoms with Crippen LogP contribution in [0.3, 0.4) is 0 Å². The molecule has 2 heterocycles. The first kappa shape index (κ1) is 9.80. The number of hydrogen-bond acceptors (Lipinski definition) is 4. The van der Waals surface area contributed by atoms with Gasteiger partial charge in [-0.05, 0) is 19.4 Å². The zero-order chi connectivity index (χ0) is 9.80. The number of thiazole rings is 1. The Hall–Kier alpha value is -0.740. The third-order valence-electron chi connectivity index (χ3n) is 2.52. The van der Waals surface area contributed by atoms with Crippen molar-refractivity contribution in [1.82, 2.24) is 10.3 Å². The highest BCUT2D eigenvalue weighted by molar-refractivity contribution is 7.13.